The van der Waals surface area contributed by atoms with Gasteiger partial charge >= 0.3 is 0 Å². The van der Waals surface area contributed by atoms with Gasteiger partial charge in [0.1, 0.15) is 34.4 Å². The van der Waals surface area contributed by atoms with Crippen LogP contribution in [-0.2, 0) is 0 Å². The van der Waals surface area contributed by atoms with E-state index in [4.69, 9.17) is 31.2 Å². The van der Waals surface area contributed by atoms with Crippen LogP contribution in [0, 0.1) is 0 Å². The molecule has 2 aromatic rings. The molecular weight excluding hydrogens is 328 g/mol. The lowest BCUT2D eigenvalue weighted by atomic mass is 10.2. The van der Waals surface area contributed by atoms with E-state index in [0.717, 1.165) is 0 Å². The zero-order chi connectivity index (χ0) is 17.5. The molecule has 0 heterocycles. The lowest BCUT2D eigenvalue weighted by Gasteiger charge is -2.18. The summed E-state index contributed by atoms with van der Waals surface area (Å²) in [5.74, 6) is 2.46. The molecule has 0 spiro atoms. The highest BCUT2D eigenvalue weighted by atomic mass is 32.1. The Balaban J connectivity index is 2.27. The van der Waals surface area contributed by atoms with E-state index in [9.17, 15) is 0 Å². The van der Waals surface area contributed by atoms with Crippen LogP contribution in [0.5, 0.6) is 23.0 Å². The Hall–Kier alpha value is -2.67. The predicted octanol–water partition coefficient (Wildman–Crippen LogP) is 3.53. The minimum Gasteiger partial charge on any atom is -0.494 e. The maximum atomic E-state index is 5.40. The normalized spacial score (nSPS) is 9.83. The highest BCUT2D eigenvalue weighted by Crippen LogP contribution is 2.36. The van der Waals surface area contributed by atoms with Crippen molar-refractivity contribution in [3.8, 4) is 23.0 Å². The van der Waals surface area contributed by atoms with Crippen LogP contribution in [0.2, 0.25) is 0 Å². The first-order valence-corrected chi connectivity index (χ1v) is 7.55. The van der Waals surface area contributed by atoms with Gasteiger partial charge in [-0.2, -0.15) is 0 Å². The van der Waals surface area contributed by atoms with Gasteiger partial charge in [-0.05, 0) is 36.5 Å². The van der Waals surface area contributed by atoms with Crippen LogP contribution < -0.4 is 29.6 Å². The SMILES string of the molecule is COc1cccc(OC)c1NC(=S)Nc1c(OC)cccc1OC. The largest absolute Gasteiger partial charge is 0.494 e. The van der Waals surface area contributed by atoms with Gasteiger partial charge in [0.05, 0.1) is 28.4 Å². The number of thiocarbonyl (C=S) groups is 1. The molecular formula is C17H20N2O4S. The fourth-order valence-electron chi connectivity index (χ4n) is 2.21. The van der Waals surface area contributed by atoms with Crippen LogP contribution in [0.1, 0.15) is 0 Å². The third kappa shape index (κ3) is 3.80. The van der Waals surface area contributed by atoms with Crippen LogP contribution >= 0.6 is 12.2 Å². The predicted molar refractivity (Wildman–Crippen MR) is 98.9 cm³/mol. The van der Waals surface area contributed by atoms with E-state index in [1.807, 2.05) is 36.4 Å². The van der Waals surface area contributed by atoms with E-state index in [-0.39, 0.29) is 0 Å². The standard InChI is InChI=1S/C17H20N2O4S/c1-20-11-7-5-8-12(21-2)15(11)18-17(24)19-16-13(22-3)9-6-10-14(16)23-4/h5-10H,1-4H3,(H2,18,19,24). The zero-order valence-corrected chi connectivity index (χ0v) is 14.8. The number of hydrogen-bond donors (Lipinski definition) is 2. The quantitative estimate of drug-likeness (QED) is 0.774. The Morgan fingerprint density at radius 3 is 1.21 bits per heavy atom. The lowest BCUT2D eigenvalue weighted by Crippen LogP contribution is -2.20. The number of benzene rings is 2. The molecule has 0 aliphatic heterocycles. The molecule has 0 atom stereocenters. The highest BCUT2D eigenvalue weighted by molar-refractivity contribution is 7.80. The van der Waals surface area contributed by atoms with E-state index in [1.54, 1.807) is 28.4 Å². The summed E-state index contributed by atoms with van der Waals surface area (Å²) < 4.78 is 21.4. The number of hydrogen-bond acceptors (Lipinski definition) is 5. The van der Waals surface area contributed by atoms with Crippen LogP contribution in [-0.4, -0.2) is 33.6 Å². The molecule has 128 valence electrons. The van der Waals surface area contributed by atoms with Gasteiger partial charge in [0.15, 0.2) is 5.11 Å². The van der Waals surface area contributed by atoms with Crippen molar-refractivity contribution in [2.75, 3.05) is 39.1 Å². The lowest BCUT2D eigenvalue weighted by molar-refractivity contribution is 0.398. The Kier molecular flexibility index (Phi) is 6.08. The number of rotatable bonds is 6. The van der Waals surface area contributed by atoms with Gasteiger partial charge in [-0.1, -0.05) is 12.1 Å². The molecule has 7 heteroatoms. The Labute approximate surface area is 146 Å². The molecule has 0 bridgehead atoms. The smallest absolute Gasteiger partial charge is 0.175 e. The van der Waals surface area contributed by atoms with Crippen LogP contribution in [0.3, 0.4) is 0 Å². The third-order valence-corrected chi connectivity index (χ3v) is 3.54. The minimum absolute atomic E-state index is 0.348. The average molecular weight is 348 g/mol. The van der Waals surface area contributed by atoms with Gasteiger partial charge < -0.3 is 29.6 Å². The Bertz CT molecular complexity index is 618. The summed E-state index contributed by atoms with van der Waals surface area (Å²) in [7, 11) is 6.33. The molecule has 0 aliphatic carbocycles. The van der Waals surface area contributed by atoms with E-state index < -0.39 is 0 Å². The van der Waals surface area contributed by atoms with Crippen LogP contribution in [0.4, 0.5) is 11.4 Å². The van der Waals surface area contributed by atoms with E-state index in [0.29, 0.717) is 39.5 Å². The molecule has 2 N–H and O–H groups in total. The van der Waals surface area contributed by atoms with Gasteiger partial charge in [0.25, 0.3) is 0 Å². The van der Waals surface area contributed by atoms with Crippen molar-refractivity contribution in [1.82, 2.24) is 0 Å². The number of anilines is 2. The molecule has 0 aliphatic rings. The van der Waals surface area contributed by atoms with E-state index in [2.05, 4.69) is 10.6 Å². The van der Waals surface area contributed by atoms with Gasteiger partial charge in [-0.3, -0.25) is 0 Å². The van der Waals surface area contributed by atoms with Crippen molar-refractivity contribution >= 4 is 28.7 Å². The molecule has 24 heavy (non-hydrogen) atoms. The second kappa shape index (κ2) is 8.26. The molecule has 0 radical (unpaired) electrons. The summed E-state index contributed by atoms with van der Waals surface area (Å²) in [6.45, 7) is 0. The molecule has 0 saturated heterocycles. The molecule has 2 rings (SSSR count). The first-order valence-electron chi connectivity index (χ1n) is 7.14. The highest BCUT2D eigenvalue weighted by Gasteiger charge is 2.14. The summed E-state index contributed by atoms with van der Waals surface area (Å²) in [5, 5.41) is 6.53. The summed E-state index contributed by atoms with van der Waals surface area (Å²) in [5.41, 5.74) is 1.27. The van der Waals surface area contributed by atoms with Gasteiger partial charge in [0, 0.05) is 0 Å². The van der Waals surface area contributed by atoms with Crippen molar-refractivity contribution in [2.24, 2.45) is 0 Å². The molecule has 0 aromatic heterocycles. The second-order valence-electron chi connectivity index (χ2n) is 4.65. The summed E-state index contributed by atoms with van der Waals surface area (Å²) in [4.78, 5) is 0. The fraction of sp³-hybridized carbons (Fsp3) is 0.235. The summed E-state index contributed by atoms with van der Waals surface area (Å²) >= 11 is 5.40. The molecule has 0 fully saturated rings. The van der Waals surface area contributed by atoms with Crippen molar-refractivity contribution in [2.45, 2.75) is 0 Å². The van der Waals surface area contributed by atoms with Gasteiger partial charge in [0.2, 0.25) is 0 Å². The first-order chi connectivity index (χ1) is 11.6. The van der Waals surface area contributed by atoms with E-state index >= 15 is 0 Å². The minimum atomic E-state index is 0.348. The summed E-state index contributed by atoms with van der Waals surface area (Å²) in [6.07, 6.45) is 0. The fourth-order valence-corrected chi connectivity index (χ4v) is 2.41. The molecule has 0 unspecified atom stereocenters. The van der Waals surface area contributed by atoms with Gasteiger partial charge in [-0.15, -0.1) is 0 Å². The van der Waals surface area contributed by atoms with Crippen molar-refractivity contribution < 1.29 is 18.9 Å². The topological polar surface area (TPSA) is 61.0 Å². The number of para-hydroxylation sites is 2. The third-order valence-electron chi connectivity index (χ3n) is 3.33. The number of nitrogens with one attached hydrogen (secondary N) is 2. The van der Waals surface area contributed by atoms with Crippen molar-refractivity contribution in [3.63, 3.8) is 0 Å². The van der Waals surface area contributed by atoms with E-state index in [1.165, 1.54) is 0 Å². The number of ether oxygens (including phenoxy) is 4. The van der Waals surface area contributed by atoms with Crippen molar-refractivity contribution in [3.05, 3.63) is 36.4 Å². The molecule has 6 nitrogen and oxygen atoms in total. The summed E-state index contributed by atoms with van der Waals surface area (Å²) in [6, 6.07) is 10.9. The molecule has 0 amide bonds. The van der Waals surface area contributed by atoms with Gasteiger partial charge in [-0.25, -0.2) is 0 Å². The van der Waals surface area contributed by atoms with Crippen molar-refractivity contribution in [1.29, 1.82) is 0 Å². The zero-order valence-electron chi connectivity index (χ0n) is 14.0. The van der Waals surface area contributed by atoms with Crippen LogP contribution in [0.25, 0.3) is 0 Å². The monoisotopic (exact) mass is 348 g/mol. The van der Waals surface area contributed by atoms with Crippen LogP contribution in [0.15, 0.2) is 36.4 Å². The average Bonchev–Trinajstić information content (AvgIpc) is 2.61. The first kappa shape index (κ1) is 17.7. The second-order valence-corrected chi connectivity index (χ2v) is 5.06. The maximum Gasteiger partial charge on any atom is 0.175 e. The maximum absolute atomic E-state index is 5.40. The number of methoxy groups -OCH3 is 4. The Morgan fingerprint density at radius 2 is 0.958 bits per heavy atom. The molecule has 2 aromatic carbocycles. The molecule has 0 saturated carbocycles. The Morgan fingerprint density at radius 1 is 0.667 bits per heavy atom.